The van der Waals surface area contributed by atoms with Gasteiger partial charge in [-0.05, 0) is 29.1 Å². The van der Waals surface area contributed by atoms with Crippen molar-refractivity contribution in [2.45, 2.75) is 10.9 Å². The van der Waals surface area contributed by atoms with Crippen LogP contribution in [0.15, 0.2) is 70.9 Å². The van der Waals surface area contributed by atoms with Gasteiger partial charge in [0, 0.05) is 10.9 Å². The summed E-state index contributed by atoms with van der Waals surface area (Å²) < 4.78 is 41.5. The fourth-order valence-electron chi connectivity index (χ4n) is 2.41. The Morgan fingerprint density at radius 3 is 2.42 bits per heavy atom. The number of thiophene rings is 1. The van der Waals surface area contributed by atoms with Gasteiger partial charge < -0.3 is 0 Å². The van der Waals surface area contributed by atoms with Crippen LogP contribution in [0.5, 0.6) is 0 Å². The van der Waals surface area contributed by atoms with Gasteiger partial charge in [0.15, 0.2) is 0 Å². The second kappa shape index (κ2) is 7.32. The first kappa shape index (κ1) is 18.2. The molecule has 9 heteroatoms. The van der Waals surface area contributed by atoms with E-state index in [0.29, 0.717) is 6.07 Å². The molecule has 2 aromatic carbocycles. The first-order valence-corrected chi connectivity index (χ1v) is 9.79. The van der Waals surface area contributed by atoms with Crippen molar-refractivity contribution in [1.82, 2.24) is 4.72 Å². The lowest BCUT2D eigenvalue weighted by Crippen LogP contribution is -2.29. The largest absolute Gasteiger partial charge is 0.306 e. The predicted molar refractivity (Wildman–Crippen MR) is 96.0 cm³/mol. The summed E-state index contributed by atoms with van der Waals surface area (Å²) in [5.41, 5.74) is -0.171. The molecule has 0 unspecified atom stereocenters. The Labute approximate surface area is 153 Å². The number of nitrogens with zero attached hydrogens (tertiary/aromatic N) is 1. The van der Waals surface area contributed by atoms with Crippen LogP contribution < -0.4 is 4.72 Å². The maximum atomic E-state index is 13.5. The normalized spacial score (nSPS) is 12.7. The number of halogens is 1. The zero-order valence-electron chi connectivity index (χ0n) is 13.2. The summed E-state index contributed by atoms with van der Waals surface area (Å²) in [5.74, 6) is -1.09. The summed E-state index contributed by atoms with van der Waals surface area (Å²) in [6.07, 6.45) is 0. The van der Waals surface area contributed by atoms with Gasteiger partial charge in [-0.1, -0.05) is 36.4 Å². The molecule has 26 heavy (non-hydrogen) atoms. The lowest BCUT2D eigenvalue weighted by atomic mass is 10.1. The molecule has 0 spiro atoms. The topological polar surface area (TPSA) is 89.3 Å². The van der Waals surface area contributed by atoms with Crippen LogP contribution in [0.2, 0.25) is 0 Å². The standard InChI is InChI=1S/C17H13FN2O4S2/c18-14-9-8-13(11-15(14)20(21)22)26(23,24)19-17(16-7-4-10-25-16)12-5-2-1-3-6-12/h1-11,17,19H/t17-/m0/s1. The Kier molecular flexibility index (Phi) is 5.12. The second-order valence-electron chi connectivity index (χ2n) is 5.35. The van der Waals surface area contributed by atoms with Crippen LogP contribution in [-0.2, 0) is 10.0 Å². The van der Waals surface area contributed by atoms with Crippen molar-refractivity contribution in [3.63, 3.8) is 0 Å². The summed E-state index contributed by atoms with van der Waals surface area (Å²) in [7, 11) is -4.12. The van der Waals surface area contributed by atoms with Crippen molar-refractivity contribution >= 4 is 27.0 Å². The van der Waals surface area contributed by atoms with Crippen molar-refractivity contribution in [3.8, 4) is 0 Å². The Hall–Kier alpha value is -2.62. The van der Waals surface area contributed by atoms with Gasteiger partial charge in [-0.2, -0.15) is 9.11 Å². The fraction of sp³-hybridized carbons (Fsp3) is 0.0588. The third kappa shape index (κ3) is 3.79. The number of nitro benzene ring substituents is 1. The highest BCUT2D eigenvalue weighted by Gasteiger charge is 2.26. The lowest BCUT2D eigenvalue weighted by Gasteiger charge is -2.18. The fourth-order valence-corrected chi connectivity index (χ4v) is 4.51. The highest BCUT2D eigenvalue weighted by atomic mass is 32.2. The van der Waals surface area contributed by atoms with E-state index in [1.807, 2.05) is 11.4 Å². The molecule has 0 saturated heterocycles. The Bertz CT molecular complexity index is 1020. The van der Waals surface area contributed by atoms with E-state index in [4.69, 9.17) is 0 Å². The Balaban J connectivity index is 2.01. The van der Waals surface area contributed by atoms with Crippen LogP contribution in [0.4, 0.5) is 10.1 Å². The molecule has 0 saturated carbocycles. The van der Waals surface area contributed by atoms with Crippen molar-refractivity contribution in [3.05, 3.63) is 92.4 Å². The minimum atomic E-state index is -4.12. The Morgan fingerprint density at radius 2 is 1.81 bits per heavy atom. The van der Waals surface area contributed by atoms with Gasteiger partial charge in [-0.3, -0.25) is 10.1 Å². The van der Waals surface area contributed by atoms with E-state index in [-0.39, 0.29) is 4.90 Å². The first-order valence-electron chi connectivity index (χ1n) is 7.43. The third-order valence-electron chi connectivity index (χ3n) is 3.66. The van der Waals surface area contributed by atoms with Gasteiger partial charge in [-0.15, -0.1) is 11.3 Å². The summed E-state index contributed by atoms with van der Waals surface area (Å²) in [5, 5.41) is 12.7. The molecule has 0 fully saturated rings. The van der Waals surface area contributed by atoms with Crippen LogP contribution in [0.3, 0.4) is 0 Å². The molecule has 0 aliphatic rings. The SMILES string of the molecule is O=[N+]([O-])c1cc(S(=O)(=O)N[C@@H](c2ccccc2)c2cccs2)ccc1F. The summed E-state index contributed by atoms with van der Waals surface area (Å²) in [6, 6.07) is 14.4. The van der Waals surface area contributed by atoms with Crippen LogP contribution in [0, 0.1) is 15.9 Å². The van der Waals surface area contributed by atoms with Crippen LogP contribution in [-0.4, -0.2) is 13.3 Å². The summed E-state index contributed by atoms with van der Waals surface area (Å²) >= 11 is 1.38. The number of nitro groups is 1. The van der Waals surface area contributed by atoms with E-state index in [1.165, 1.54) is 11.3 Å². The molecule has 0 bridgehead atoms. The molecular weight excluding hydrogens is 379 g/mol. The maximum Gasteiger partial charge on any atom is 0.306 e. The van der Waals surface area contributed by atoms with Crippen molar-refractivity contribution < 1.29 is 17.7 Å². The maximum absolute atomic E-state index is 13.5. The summed E-state index contributed by atoms with van der Waals surface area (Å²) in [6.45, 7) is 0. The highest BCUT2D eigenvalue weighted by Crippen LogP contribution is 2.29. The quantitative estimate of drug-likeness (QED) is 0.509. The molecule has 0 radical (unpaired) electrons. The molecule has 1 heterocycles. The molecule has 3 rings (SSSR count). The van der Waals surface area contributed by atoms with E-state index < -0.39 is 32.5 Å². The lowest BCUT2D eigenvalue weighted by molar-refractivity contribution is -0.387. The van der Waals surface area contributed by atoms with E-state index >= 15 is 0 Å². The second-order valence-corrected chi connectivity index (χ2v) is 8.04. The first-order chi connectivity index (χ1) is 12.4. The van der Waals surface area contributed by atoms with E-state index in [2.05, 4.69) is 4.72 Å². The molecule has 0 aliphatic heterocycles. The van der Waals surface area contributed by atoms with E-state index in [0.717, 1.165) is 22.6 Å². The van der Waals surface area contributed by atoms with Crippen LogP contribution in [0.1, 0.15) is 16.5 Å². The average Bonchev–Trinajstić information content (AvgIpc) is 3.15. The minimum absolute atomic E-state index is 0.372. The molecule has 0 amide bonds. The molecule has 1 atom stereocenters. The predicted octanol–water partition coefficient (Wildman–Crippen LogP) is 3.86. The average molecular weight is 392 g/mol. The van der Waals surface area contributed by atoms with Gasteiger partial charge in [-0.25, -0.2) is 8.42 Å². The molecular formula is C17H13FN2O4S2. The third-order valence-corrected chi connectivity index (χ3v) is 6.02. The van der Waals surface area contributed by atoms with Gasteiger partial charge >= 0.3 is 5.69 Å². The van der Waals surface area contributed by atoms with Crippen molar-refractivity contribution in [2.75, 3.05) is 0 Å². The molecule has 0 aliphatic carbocycles. The number of sulfonamides is 1. The van der Waals surface area contributed by atoms with Crippen LogP contribution in [0.25, 0.3) is 0 Å². The van der Waals surface area contributed by atoms with E-state index in [9.17, 15) is 22.9 Å². The monoisotopic (exact) mass is 392 g/mol. The van der Waals surface area contributed by atoms with Crippen molar-refractivity contribution in [1.29, 1.82) is 0 Å². The minimum Gasteiger partial charge on any atom is -0.258 e. The zero-order valence-corrected chi connectivity index (χ0v) is 14.8. The highest BCUT2D eigenvalue weighted by molar-refractivity contribution is 7.89. The van der Waals surface area contributed by atoms with Gasteiger partial charge in [0.25, 0.3) is 0 Å². The molecule has 3 aromatic rings. The smallest absolute Gasteiger partial charge is 0.258 e. The van der Waals surface area contributed by atoms with Gasteiger partial charge in [0.05, 0.1) is 15.9 Å². The number of hydrogen-bond donors (Lipinski definition) is 1. The van der Waals surface area contributed by atoms with Gasteiger partial charge in [0.2, 0.25) is 15.8 Å². The number of rotatable bonds is 6. The van der Waals surface area contributed by atoms with Crippen LogP contribution >= 0.6 is 11.3 Å². The zero-order chi connectivity index (χ0) is 18.7. The number of nitrogens with one attached hydrogen (secondary N) is 1. The number of hydrogen-bond acceptors (Lipinski definition) is 5. The Morgan fingerprint density at radius 1 is 1.08 bits per heavy atom. The van der Waals surface area contributed by atoms with Crippen molar-refractivity contribution in [2.24, 2.45) is 0 Å². The van der Waals surface area contributed by atoms with E-state index in [1.54, 1.807) is 36.4 Å². The molecule has 6 nitrogen and oxygen atoms in total. The molecule has 1 aromatic heterocycles. The number of benzene rings is 2. The molecule has 1 N–H and O–H groups in total. The molecule has 134 valence electrons. The summed E-state index contributed by atoms with van der Waals surface area (Å²) in [4.78, 5) is 10.3. The van der Waals surface area contributed by atoms with Gasteiger partial charge in [0.1, 0.15) is 0 Å².